The van der Waals surface area contributed by atoms with Gasteiger partial charge in [0.1, 0.15) is 0 Å². The van der Waals surface area contributed by atoms with Crippen LogP contribution in [0.1, 0.15) is 71.6 Å². The van der Waals surface area contributed by atoms with E-state index in [1.54, 1.807) is 0 Å². The molecule has 0 aromatic carbocycles. The van der Waals surface area contributed by atoms with E-state index in [0.29, 0.717) is 12.6 Å². The Morgan fingerprint density at radius 1 is 0.935 bits per heavy atom. The third-order valence-corrected chi connectivity index (χ3v) is 9.24. The van der Waals surface area contributed by atoms with Gasteiger partial charge in [0.15, 0.2) is 0 Å². The summed E-state index contributed by atoms with van der Waals surface area (Å²) in [5, 5.41) is 3.56. The van der Waals surface area contributed by atoms with Crippen LogP contribution >= 0.6 is 0 Å². The largest absolute Gasteiger partial charge is 0.349 e. The summed E-state index contributed by atoms with van der Waals surface area (Å²) in [4.78, 5) is 32.6. The van der Waals surface area contributed by atoms with Gasteiger partial charge in [-0.15, -0.1) is 0 Å². The third-order valence-electron chi connectivity index (χ3n) is 9.24. The van der Waals surface area contributed by atoms with Crippen LogP contribution in [-0.4, -0.2) is 83.4 Å². The quantitative estimate of drug-likeness (QED) is 0.728. The average molecular weight is 431 g/mol. The summed E-state index contributed by atoms with van der Waals surface area (Å²) in [7, 11) is 0. The number of hydrogen-bond acceptors (Lipinski definition) is 4. The van der Waals surface area contributed by atoms with E-state index in [-0.39, 0.29) is 23.4 Å². The van der Waals surface area contributed by atoms with Gasteiger partial charge in [0.2, 0.25) is 11.8 Å². The van der Waals surface area contributed by atoms with Crippen LogP contribution < -0.4 is 5.32 Å². The molecule has 6 aliphatic rings. The second-order valence-electron chi connectivity index (χ2n) is 11.6. The monoisotopic (exact) mass is 430 g/mol. The maximum atomic E-state index is 13.2. The molecule has 2 heterocycles. The first-order valence-corrected chi connectivity index (χ1v) is 13.0. The highest BCUT2D eigenvalue weighted by Gasteiger charge is 2.51. The van der Waals surface area contributed by atoms with Crippen molar-refractivity contribution in [1.29, 1.82) is 0 Å². The number of nitrogens with one attached hydrogen (secondary N) is 1. The molecule has 2 amide bonds. The summed E-state index contributed by atoms with van der Waals surface area (Å²) in [6.45, 7) is 9.21. The van der Waals surface area contributed by atoms with Gasteiger partial charge < -0.3 is 10.2 Å². The summed E-state index contributed by atoms with van der Waals surface area (Å²) in [6, 6.07) is 0.309. The molecule has 0 radical (unpaired) electrons. The molecule has 4 aliphatic carbocycles. The summed E-state index contributed by atoms with van der Waals surface area (Å²) >= 11 is 0. The van der Waals surface area contributed by atoms with Gasteiger partial charge >= 0.3 is 0 Å². The predicted octanol–water partition coefficient (Wildman–Crippen LogP) is 2.48. The van der Waals surface area contributed by atoms with Gasteiger partial charge in [-0.3, -0.25) is 19.4 Å². The molecule has 1 N–H and O–H groups in total. The van der Waals surface area contributed by atoms with Crippen LogP contribution in [0.15, 0.2) is 0 Å². The van der Waals surface area contributed by atoms with E-state index in [1.807, 2.05) is 0 Å². The molecule has 2 unspecified atom stereocenters. The normalized spacial score (nSPS) is 39.5. The zero-order valence-corrected chi connectivity index (χ0v) is 19.7. The average Bonchev–Trinajstić information content (AvgIpc) is 2.72. The SMILES string of the molecule is CC(C(=O)NC12CC3CC(CC(C3)C1)C2)N1CCN(CC(=O)N2CCCCC2C)CC1. The van der Waals surface area contributed by atoms with E-state index < -0.39 is 0 Å². The van der Waals surface area contributed by atoms with Crippen LogP contribution in [-0.2, 0) is 9.59 Å². The van der Waals surface area contributed by atoms with Gasteiger partial charge in [0.05, 0.1) is 12.6 Å². The predicted molar refractivity (Wildman–Crippen MR) is 122 cm³/mol. The van der Waals surface area contributed by atoms with Crippen LogP contribution in [0.25, 0.3) is 0 Å². The minimum atomic E-state index is -0.0760. The summed E-state index contributed by atoms with van der Waals surface area (Å²) in [6.07, 6.45) is 11.4. The molecular formula is C25H42N4O2. The number of amides is 2. The van der Waals surface area contributed by atoms with Crippen LogP contribution in [0.5, 0.6) is 0 Å². The van der Waals surface area contributed by atoms with Crippen molar-refractivity contribution in [2.75, 3.05) is 39.3 Å². The maximum Gasteiger partial charge on any atom is 0.237 e. The Balaban J connectivity index is 1.10. The fourth-order valence-corrected chi connectivity index (χ4v) is 7.85. The van der Waals surface area contributed by atoms with E-state index in [9.17, 15) is 9.59 Å². The van der Waals surface area contributed by atoms with Gasteiger partial charge in [-0.1, -0.05) is 0 Å². The highest BCUT2D eigenvalue weighted by molar-refractivity contribution is 5.82. The molecule has 6 nitrogen and oxygen atoms in total. The number of carbonyl (C=O) groups is 2. The first kappa shape index (κ1) is 21.7. The van der Waals surface area contributed by atoms with Crippen molar-refractivity contribution in [1.82, 2.24) is 20.0 Å². The molecule has 0 aromatic rings. The number of likely N-dealkylation sites (tertiary alicyclic amines) is 1. The lowest BCUT2D eigenvalue weighted by Crippen LogP contribution is -2.63. The van der Waals surface area contributed by atoms with E-state index in [4.69, 9.17) is 0 Å². The second kappa shape index (κ2) is 8.66. The van der Waals surface area contributed by atoms with E-state index in [2.05, 4.69) is 33.9 Å². The lowest BCUT2D eigenvalue weighted by Gasteiger charge is -2.57. The lowest BCUT2D eigenvalue weighted by atomic mass is 9.53. The first-order chi connectivity index (χ1) is 14.9. The number of piperazine rings is 1. The zero-order valence-electron chi connectivity index (χ0n) is 19.7. The molecule has 31 heavy (non-hydrogen) atoms. The van der Waals surface area contributed by atoms with Crippen molar-refractivity contribution in [2.24, 2.45) is 17.8 Å². The van der Waals surface area contributed by atoms with Gasteiger partial charge in [0.25, 0.3) is 0 Å². The highest BCUT2D eigenvalue weighted by atomic mass is 16.2. The summed E-state index contributed by atoms with van der Waals surface area (Å²) in [5.41, 5.74) is 0.0967. The Labute approximate surface area is 188 Å². The van der Waals surface area contributed by atoms with Crippen molar-refractivity contribution >= 4 is 11.8 Å². The molecule has 174 valence electrons. The Morgan fingerprint density at radius 2 is 1.55 bits per heavy atom. The molecule has 6 fully saturated rings. The van der Waals surface area contributed by atoms with Gasteiger partial charge in [-0.2, -0.15) is 0 Å². The van der Waals surface area contributed by atoms with Crippen molar-refractivity contribution < 1.29 is 9.59 Å². The number of carbonyl (C=O) groups excluding carboxylic acids is 2. The molecule has 0 aromatic heterocycles. The van der Waals surface area contributed by atoms with Crippen LogP contribution in [0.2, 0.25) is 0 Å². The van der Waals surface area contributed by atoms with Gasteiger partial charge in [0, 0.05) is 44.3 Å². The number of piperidine rings is 1. The minimum Gasteiger partial charge on any atom is -0.349 e. The topological polar surface area (TPSA) is 55.9 Å². The van der Waals surface area contributed by atoms with Crippen LogP contribution in [0.4, 0.5) is 0 Å². The molecule has 6 rings (SSSR count). The molecule has 2 aliphatic heterocycles. The first-order valence-electron chi connectivity index (χ1n) is 13.0. The summed E-state index contributed by atoms with van der Waals surface area (Å²) in [5.74, 6) is 3.07. The lowest BCUT2D eigenvalue weighted by molar-refractivity contribution is -0.137. The Bertz CT molecular complexity index is 652. The van der Waals surface area contributed by atoms with E-state index >= 15 is 0 Å². The molecule has 2 saturated heterocycles. The second-order valence-corrected chi connectivity index (χ2v) is 11.6. The number of hydrogen-bond donors (Lipinski definition) is 1. The van der Waals surface area contributed by atoms with Crippen molar-refractivity contribution in [3.63, 3.8) is 0 Å². The van der Waals surface area contributed by atoms with E-state index in [0.717, 1.165) is 63.3 Å². The van der Waals surface area contributed by atoms with Crippen molar-refractivity contribution in [3.8, 4) is 0 Å². The molecule has 4 bridgehead atoms. The van der Waals surface area contributed by atoms with Crippen molar-refractivity contribution in [2.45, 2.75) is 89.3 Å². The van der Waals surface area contributed by atoms with Crippen molar-refractivity contribution in [3.05, 3.63) is 0 Å². The maximum absolute atomic E-state index is 13.2. The fourth-order valence-electron chi connectivity index (χ4n) is 7.85. The van der Waals surface area contributed by atoms with Gasteiger partial charge in [-0.25, -0.2) is 0 Å². The van der Waals surface area contributed by atoms with E-state index in [1.165, 1.54) is 44.9 Å². The Kier molecular flexibility index (Phi) is 6.06. The third kappa shape index (κ3) is 4.52. The Hall–Kier alpha value is -1.14. The minimum absolute atomic E-state index is 0.0760. The molecule has 6 heteroatoms. The molecule has 4 saturated carbocycles. The zero-order chi connectivity index (χ0) is 21.6. The number of rotatable bonds is 5. The highest BCUT2D eigenvalue weighted by Crippen LogP contribution is 2.55. The smallest absolute Gasteiger partial charge is 0.237 e. The van der Waals surface area contributed by atoms with Gasteiger partial charge in [-0.05, 0) is 89.4 Å². The van der Waals surface area contributed by atoms with Crippen LogP contribution in [0.3, 0.4) is 0 Å². The number of nitrogens with zero attached hydrogens (tertiary/aromatic N) is 3. The summed E-state index contributed by atoms with van der Waals surface area (Å²) < 4.78 is 0. The Morgan fingerprint density at radius 3 is 2.13 bits per heavy atom. The molecule has 0 spiro atoms. The fraction of sp³-hybridized carbons (Fsp3) is 0.920. The van der Waals surface area contributed by atoms with Crippen LogP contribution in [0, 0.1) is 17.8 Å². The molecular weight excluding hydrogens is 388 g/mol. The standard InChI is InChI=1S/C25H42N4O2/c1-18-5-3-4-6-29(18)23(30)17-27-7-9-28(10-8-27)19(2)24(31)26-25-14-20-11-21(15-25)13-22(12-20)16-25/h18-22H,3-17H2,1-2H3,(H,26,31). The molecule has 2 atom stereocenters.